The molecule has 0 radical (unpaired) electrons. The average Bonchev–Trinajstić information content (AvgIpc) is 2.46. The van der Waals surface area contributed by atoms with Crippen molar-refractivity contribution in [1.29, 1.82) is 0 Å². The maximum Gasteiger partial charge on any atom is 0.198 e. The number of halogens is 1. The second kappa shape index (κ2) is 5.71. The molecule has 0 spiro atoms. The molecule has 0 fully saturated rings. The van der Waals surface area contributed by atoms with Crippen LogP contribution in [0.25, 0.3) is 0 Å². The van der Waals surface area contributed by atoms with Gasteiger partial charge in [0.15, 0.2) is 5.78 Å². The Hall–Kier alpha value is -2.07. The first-order valence-electron chi connectivity index (χ1n) is 5.54. The normalized spacial score (nSPS) is 10.1. The third-order valence-electron chi connectivity index (χ3n) is 2.64. The highest BCUT2D eigenvalue weighted by Gasteiger charge is 2.15. The fourth-order valence-electron chi connectivity index (χ4n) is 1.65. The van der Waals surface area contributed by atoms with Crippen molar-refractivity contribution in [3.63, 3.8) is 0 Å². The number of carbonyl (C=O) groups excluding carboxylic acids is 1. The third kappa shape index (κ3) is 2.85. The monoisotopic (exact) mass is 277 g/mol. The fraction of sp³-hybridized carbons (Fsp3) is 0.143. The molecule has 0 N–H and O–H groups in total. The second-order valence-corrected chi connectivity index (χ2v) is 4.15. The zero-order chi connectivity index (χ0) is 13.8. The van der Waals surface area contributed by atoms with Crippen molar-refractivity contribution in [3.8, 4) is 11.5 Å². The van der Waals surface area contributed by atoms with Gasteiger partial charge >= 0.3 is 0 Å². The summed E-state index contributed by atoms with van der Waals surface area (Å²) in [6, 6.07) is 8.23. The molecule has 1 aromatic heterocycles. The van der Waals surface area contributed by atoms with Crippen LogP contribution in [0.15, 0.2) is 36.5 Å². The predicted octanol–water partition coefficient (Wildman–Crippen LogP) is 2.98. The zero-order valence-electron chi connectivity index (χ0n) is 10.5. The molecule has 5 heteroatoms. The highest BCUT2D eigenvalue weighted by atomic mass is 35.5. The van der Waals surface area contributed by atoms with E-state index in [0.717, 1.165) is 0 Å². The van der Waals surface area contributed by atoms with E-state index in [1.165, 1.54) is 13.3 Å². The molecule has 0 unspecified atom stereocenters. The molecule has 4 nitrogen and oxygen atoms in total. The van der Waals surface area contributed by atoms with E-state index in [-0.39, 0.29) is 5.78 Å². The predicted molar refractivity (Wildman–Crippen MR) is 72.2 cm³/mol. The van der Waals surface area contributed by atoms with E-state index in [2.05, 4.69) is 4.98 Å². The van der Waals surface area contributed by atoms with Crippen LogP contribution in [0.2, 0.25) is 5.15 Å². The van der Waals surface area contributed by atoms with E-state index in [1.54, 1.807) is 37.4 Å². The lowest BCUT2D eigenvalue weighted by Gasteiger charge is -2.09. The van der Waals surface area contributed by atoms with Gasteiger partial charge in [-0.1, -0.05) is 11.6 Å². The van der Waals surface area contributed by atoms with Gasteiger partial charge in [-0.15, -0.1) is 0 Å². The van der Waals surface area contributed by atoms with Crippen LogP contribution < -0.4 is 9.47 Å². The molecule has 2 aromatic rings. The minimum absolute atomic E-state index is 0.177. The SMILES string of the molecule is COc1ccc(C(=O)c2ccc(Cl)nc2)c(OC)c1. The summed E-state index contributed by atoms with van der Waals surface area (Å²) in [5, 5.41) is 0.346. The fourth-order valence-corrected chi connectivity index (χ4v) is 1.76. The highest BCUT2D eigenvalue weighted by molar-refractivity contribution is 6.29. The number of ether oxygens (including phenoxy) is 2. The van der Waals surface area contributed by atoms with Gasteiger partial charge in [0.25, 0.3) is 0 Å². The quantitative estimate of drug-likeness (QED) is 0.637. The first-order valence-corrected chi connectivity index (χ1v) is 5.92. The van der Waals surface area contributed by atoms with E-state index in [4.69, 9.17) is 21.1 Å². The van der Waals surface area contributed by atoms with Crippen molar-refractivity contribution >= 4 is 17.4 Å². The Labute approximate surface area is 115 Å². The van der Waals surface area contributed by atoms with E-state index < -0.39 is 0 Å². The molecule has 98 valence electrons. The van der Waals surface area contributed by atoms with Crippen LogP contribution in [-0.4, -0.2) is 25.0 Å². The molecule has 0 bridgehead atoms. The Morgan fingerprint density at radius 1 is 1.16 bits per heavy atom. The smallest absolute Gasteiger partial charge is 0.198 e. The number of pyridine rings is 1. The maximum atomic E-state index is 12.3. The molecule has 0 aliphatic rings. The Kier molecular flexibility index (Phi) is 4.02. The van der Waals surface area contributed by atoms with Gasteiger partial charge in [-0.3, -0.25) is 4.79 Å². The maximum absolute atomic E-state index is 12.3. The molecule has 0 amide bonds. The Bertz CT molecular complexity index is 596. The van der Waals surface area contributed by atoms with Crippen molar-refractivity contribution in [2.45, 2.75) is 0 Å². The molecular weight excluding hydrogens is 266 g/mol. The number of carbonyl (C=O) groups is 1. The molecule has 0 saturated carbocycles. The summed E-state index contributed by atoms with van der Waals surface area (Å²) in [7, 11) is 3.06. The molecule has 2 rings (SSSR count). The standard InChI is InChI=1S/C14H12ClNO3/c1-18-10-4-5-11(12(7-10)19-2)14(17)9-3-6-13(15)16-8-9/h3-8H,1-2H3. The number of nitrogens with zero attached hydrogens (tertiary/aromatic N) is 1. The summed E-state index contributed by atoms with van der Waals surface area (Å²) >= 11 is 5.70. The first kappa shape index (κ1) is 13.4. The van der Waals surface area contributed by atoms with Crippen molar-refractivity contribution in [2.24, 2.45) is 0 Å². The Balaban J connectivity index is 2.40. The minimum atomic E-state index is -0.177. The summed E-state index contributed by atoms with van der Waals surface area (Å²) in [4.78, 5) is 16.2. The molecule has 19 heavy (non-hydrogen) atoms. The molecule has 0 atom stereocenters. The lowest BCUT2D eigenvalue weighted by molar-refractivity contribution is 0.103. The lowest BCUT2D eigenvalue weighted by atomic mass is 10.0. The Morgan fingerprint density at radius 2 is 1.95 bits per heavy atom. The van der Waals surface area contributed by atoms with E-state index >= 15 is 0 Å². The van der Waals surface area contributed by atoms with E-state index in [0.29, 0.717) is 27.8 Å². The van der Waals surface area contributed by atoms with E-state index in [1.807, 2.05) is 0 Å². The summed E-state index contributed by atoms with van der Waals surface area (Å²) < 4.78 is 10.3. The molecular formula is C14H12ClNO3. The van der Waals surface area contributed by atoms with Gasteiger partial charge in [-0.25, -0.2) is 4.98 Å². The number of methoxy groups -OCH3 is 2. The van der Waals surface area contributed by atoms with Crippen molar-refractivity contribution in [1.82, 2.24) is 4.98 Å². The number of benzene rings is 1. The molecule has 1 aromatic carbocycles. The van der Waals surface area contributed by atoms with Crippen molar-refractivity contribution in [3.05, 3.63) is 52.8 Å². The summed E-state index contributed by atoms with van der Waals surface area (Å²) in [6.07, 6.45) is 1.44. The van der Waals surface area contributed by atoms with Crippen LogP contribution in [0.4, 0.5) is 0 Å². The summed E-state index contributed by atoms with van der Waals surface area (Å²) in [5.41, 5.74) is 0.903. The topological polar surface area (TPSA) is 48.4 Å². The van der Waals surface area contributed by atoms with Crippen LogP contribution in [0.1, 0.15) is 15.9 Å². The van der Waals surface area contributed by atoms with Crippen LogP contribution in [0, 0.1) is 0 Å². The molecule has 0 aliphatic carbocycles. The number of aromatic nitrogens is 1. The molecule has 1 heterocycles. The zero-order valence-corrected chi connectivity index (χ0v) is 11.3. The van der Waals surface area contributed by atoms with Gasteiger partial charge in [0.05, 0.1) is 19.8 Å². The number of hydrogen-bond donors (Lipinski definition) is 0. The van der Waals surface area contributed by atoms with Crippen LogP contribution >= 0.6 is 11.6 Å². The van der Waals surface area contributed by atoms with Gasteiger partial charge in [-0.2, -0.15) is 0 Å². The second-order valence-electron chi connectivity index (χ2n) is 3.76. The third-order valence-corrected chi connectivity index (χ3v) is 2.87. The number of ketones is 1. The first-order chi connectivity index (χ1) is 9.15. The van der Waals surface area contributed by atoms with E-state index in [9.17, 15) is 4.79 Å². The van der Waals surface area contributed by atoms with Crippen molar-refractivity contribution in [2.75, 3.05) is 14.2 Å². The summed E-state index contributed by atoms with van der Waals surface area (Å²) in [5.74, 6) is 0.908. The van der Waals surface area contributed by atoms with Crippen LogP contribution in [0.3, 0.4) is 0 Å². The van der Waals surface area contributed by atoms with Gasteiger partial charge in [-0.05, 0) is 24.3 Å². The molecule has 0 aliphatic heterocycles. The summed E-state index contributed by atoms with van der Waals surface area (Å²) in [6.45, 7) is 0. The average molecular weight is 278 g/mol. The highest BCUT2D eigenvalue weighted by Crippen LogP contribution is 2.26. The number of rotatable bonds is 4. The largest absolute Gasteiger partial charge is 0.497 e. The Morgan fingerprint density at radius 3 is 2.53 bits per heavy atom. The van der Waals surface area contributed by atoms with Gasteiger partial charge in [0.1, 0.15) is 16.7 Å². The minimum Gasteiger partial charge on any atom is -0.497 e. The lowest BCUT2D eigenvalue weighted by Crippen LogP contribution is -2.04. The van der Waals surface area contributed by atoms with Crippen LogP contribution in [0.5, 0.6) is 11.5 Å². The van der Waals surface area contributed by atoms with Gasteiger partial charge < -0.3 is 9.47 Å². The molecule has 0 saturated heterocycles. The van der Waals surface area contributed by atoms with Gasteiger partial charge in [0.2, 0.25) is 0 Å². The van der Waals surface area contributed by atoms with Crippen molar-refractivity contribution < 1.29 is 14.3 Å². The van der Waals surface area contributed by atoms with Crippen LogP contribution in [-0.2, 0) is 0 Å². The number of hydrogen-bond acceptors (Lipinski definition) is 4. The van der Waals surface area contributed by atoms with Gasteiger partial charge in [0, 0.05) is 17.8 Å².